The van der Waals surface area contributed by atoms with Gasteiger partial charge in [0, 0.05) is 24.7 Å². The van der Waals surface area contributed by atoms with Crippen LogP contribution in [0.1, 0.15) is 61.3 Å². The minimum atomic E-state index is -0.371. The Kier molecular flexibility index (Phi) is 7.72. The second-order valence-electron chi connectivity index (χ2n) is 8.80. The number of aromatic nitrogens is 1. The number of carbonyl (C=O) groups excluding carboxylic acids is 1. The van der Waals surface area contributed by atoms with Crippen LogP contribution in [-0.4, -0.2) is 25.7 Å². The number of amides is 1. The Bertz CT molecular complexity index is 1290. The number of nitrogens with one attached hydrogen (secondary N) is 1. The van der Waals surface area contributed by atoms with Crippen molar-refractivity contribution < 1.29 is 9.18 Å². The zero-order chi connectivity index (χ0) is 25.1. The van der Waals surface area contributed by atoms with Crippen LogP contribution in [0.5, 0.6) is 0 Å². The molecule has 4 rings (SSSR count). The number of carbonyl (C=O) groups is 1. The Morgan fingerprint density at radius 3 is 2.57 bits per heavy atom. The van der Waals surface area contributed by atoms with Gasteiger partial charge >= 0.3 is 0 Å². The highest BCUT2D eigenvalue weighted by atomic mass is 32.2. The average molecular weight is 511 g/mol. The Hall–Kier alpha value is -2.96. The van der Waals surface area contributed by atoms with E-state index in [1.165, 1.54) is 23.9 Å². The van der Waals surface area contributed by atoms with Gasteiger partial charge in [-0.3, -0.25) is 19.1 Å². The molecule has 35 heavy (non-hydrogen) atoms. The highest BCUT2D eigenvalue weighted by Crippen LogP contribution is 2.39. The van der Waals surface area contributed by atoms with Crippen LogP contribution in [-0.2, 0) is 17.9 Å². The molecule has 6 nitrogen and oxygen atoms in total. The molecule has 2 aromatic rings. The molecule has 2 heterocycles. The SMILES string of the molecule is CCCn1c(NCc2ccc(F)cc2)c(/C=C2/SC(=S)N(C3CCCC3)C2=O)c(C)c(C#N)c1=O. The number of hydrogen-bond donors (Lipinski definition) is 1. The van der Waals surface area contributed by atoms with Gasteiger partial charge in [-0.1, -0.05) is 55.9 Å². The van der Waals surface area contributed by atoms with E-state index in [0.29, 0.717) is 45.7 Å². The predicted molar refractivity (Wildman–Crippen MR) is 141 cm³/mol. The first-order valence-corrected chi connectivity index (χ1v) is 13.0. The van der Waals surface area contributed by atoms with Crippen LogP contribution in [0.4, 0.5) is 10.2 Å². The summed E-state index contributed by atoms with van der Waals surface area (Å²) >= 11 is 6.81. The summed E-state index contributed by atoms with van der Waals surface area (Å²) in [5.74, 6) is 0.0854. The number of thiocarbonyl (C=S) groups is 1. The molecule has 1 saturated heterocycles. The number of thioether (sulfide) groups is 1. The second kappa shape index (κ2) is 10.8. The monoisotopic (exact) mass is 510 g/mol. The van der Waals surface area contributed by atoms with Gasteiger partial charge in [-0.25, -0.2) is 4.39 Å². The lowest BCUT2D eigenvalue weighted by Gasteiger charge is -2.22. The molecule has 1 N–H and O–H groups in total. The van der Waals surface area contributed by atoms with Gasteiger partial charge in [0.2, 0.25) is 0 Å². The minimum absolute atomic E-state index is 0.0586. The smallest absolute Gasteiger partial charge is 0.270 e. The first-order chi connectivity index (χ1) is 16.8. The lowest BCUT2D eigenvalue weighted by molar-refractivity contribution is -0.123. The maximum absolute atomic E-state index is 13.4. The van der Waals surface area contributed by atoms with Crippen molar-refractivity contribution >= 4 is 46.1 Å². The van der Waals surface area contributed by atoms with Crippen molar-refractivity contribution in [2.75, 3.05) is 5.32 Å². The molecule has 1 aliphatic carbocycles. The van der Waals surface area contributed by atoms with E-state index >= 15 is 0 Å². The zero-order valence-corrected chi connectivity index (χ0v) is 21.4. The first-order valence-electron chi connectivity index (χ1n) is 11.8. The molecule has 0 spiro atoms. The van der Waals surface area contributed by atoms with Crippen LogP contribution < -0.4 is 10.9 Å². The van der Waals surface area contributed by atoms with Crippen molar-refractivity contribution in [2.45, 2.75) is 65.1 Å². The molecule has 1 aromatic heterocycles. The molecular formula is C26H27FN4O2S2. The number of anilines is 1. The van der Waals surface area contributed by atoms with Gasteiger partial charge in [-0.2, -0.15) is 5.26 Å². The highest BCUT2D eigenvalue weighted by Gasteiger charge is 2.38. The van der Waals surface area contributed by atoms with Gasteiger partial charge in [0.1, 0.15) is 27.6 Å². The third-order valence-corrected chi connectivity index (χ3v) is 7.81. The summed E-state index contributed by atoms with van der Waals surface area (Å²) in [7, 11) is 0. The lowest BCUT2D eigenvalue weighted by atomic mass is 10.0. The Morgan fingerprint density at radius 2 is 1.94 bits per heavy atom. The lowest BCUT2D eigenvalue weighted by Crippen LogP contribution is -2.36. The zero-order valence-electron chi connectivity index (χ0n) is 19.8. The minimum Gasteiger partial charge on any atom is -0.367 e. The Morgan fingerprint density at radius 1 is 1.26 bits per heavy atom. The highest BCUT2D eigenvalue weighted by molar-refractivity contribution is 8.26. The van der Waals surface area contributed by atoms with Crippen molar-refractivity contribution in [1.29, 1.82) is 5.26 Å². The van der Waals surface area contributed by atoms with Gasteiger partial charge < -0.3 is 5.32 Å². The molecule has 0 unspecified atom stereocenters. The number of pyridine rings is 1. The largest absolute Gasteiger partial charge is 0.367 e. The molecule has 1 amide bonds. The van der Waals surface area contributed by atoms with E-state index in [-0.39, 0.29) is 28.9 Å². The van der Waals surface area contributed by atoms with Gasteiger partial charge in [0.15, 0.2) is 0 Å². The van der Waals surface area contributed by atoms with E-state index in [4.69, 9.17) is 12.2 Å². The molecule has 1 saturated carbocycles. The standard InChI is InChI=1S/C26H27FN4O2S2/c1-3-12-30-23(29-15-17-8-10-18(27)11-9-17)20(16(2)21(14-28)24(30)32)13-22-25(33)31(26(34)35-22)19-6-4-5-7-19/h8-11,13,19,29H,3-7,12,15H2,1-2H3/b22-13+. The van der Waals surface area contributed by atoms with Crippen LogP contribution >= 0.6 is 24.0 Å². The van der Waals surface area contributed by atoms with Gasteiger partial charge in [0.25, 0.3) is 11.5 Å². The molecule has 2 aliphatic rings. The second-order valence-corrected chi connectivity index (χ2v) is 10.5. The number of benzene rings is 1. The number of halogens is 1. The van der Waals surface area contributed by atoms with E-state index in [9.17, 15) is 19.2 Å². The van der Waals surface area contributed by atoms with Gasteiger partial charge in [0.05, 0.1) is 4.91 Å². The van der Waals surface area contributed by atoms with Crippen molar-refractivity contribution in [3.05, 3.63) is 67.6 Å². The Balaban J connectivity index is 1.80. The summed E-state index contributed by atoms with van der Waals surface area (Å²) in [5.41, 5.74) is 1.65. The first kappa shape index (κ1) is 25.1. The molecule has 0 radical (unpaired) electrons. The van der Waals surface area contributed by atoms with Crippen molar-refractivity contribution in [3.8, 4) is 6.07 Å². The number of hydrogen-bond acceptors (Lipinski definition) is 6. The molecule has 2 fully saturated rings. The van der Waals surface area contributed by atoms with E-state index < -0.39 is 0 Å². The Labute approximate surface area is 213 Å². The van der Waals surface area contributed by atoms with E-state index in [1.54, 1.807) is 34.6 Å². The summed E-state index contributed by atoms with van der Waals surface area (Å²) in [6.07, 6.45) is 6.51. The summed E-state index contributed by atoms with van der Waals surface area (Å²) in [6, 6.07) is 8.30. The molecule has 9 heteroatoms. The van der Waals surface area contributed by atoms with Crippen LogP contribution in [0.3, 0.4) is 0 Å². The molecule has 1 aliphatic heterocycles. The average Bonchev–Trinajstić information content (AvgIpc) is 3.45. The maximum Gasteiger partial charge on any atom is 0.270 e. The summed E-state index contributed by atoms with van der Waals surface area (Å²) in [6.45, 7) is 4.43. The van der Waals surface area contributed by atoms with Gasteiger partial charge in [-0.15, -0.1) is 0 Å². The third-order valence-electron chi connectivity index (χ3n) is 6.48. The number of rotatable bonds is 7. The number of nitriles is 1. The van der Waals surface area contributed by atoms with Crippen molar-refractivity contribution in [2.24, 2.45) is 0 Å². The topological polar surface area (TPSA) is 78.1 Å². The third kappa shape index (κ3) is 5.04. The molecular weight excluding hydrogens is 483 g/mol. The fraction of sp³-hybridized carbons (Fsp3) is 0.385. The van der Waals surface area contributed by atoms with Crippen LogP contribution in [0, 0.1) is 24.1 Å². The van der Waals surface area contributed by atoms with Crippen molar-refractivity contribution in [1.82, 2.24) is 9.47 Å². The fourth-order valence-electron chi connectivity index (χ4n) is 4.67. The van der Waals surface area contributed by atoms with Crippen LogP contribution in [0.15, 0.2) is 34.0 Å². The van der Waals surface area contributed by atoms with Crippen LogP contribution in [0.2, 0.25) is 0 Å². The molecule has 0 atom stereocenters. The summed E-state index contributed by atoms with van der Waals surface area (Å²) in [4.78, 5) is 28.7. The molecule has 1 aromatic carbocycles. The maximum atomic E-state index is 13.4. The van der Waals surface area contributed by atoms with E-state index in [2.05, 4.69) is 5.32 Å². The number of nitrogens with zero attached hydrogens (tertiary/aromatic N) is 3. The predicted octanol–water partition coefficient (Wildman–Crippen LogP) is 5.33. The van der Waals surface area contributed by atoms with Crippen molar-refractivity contribution in [3.63, 3.8) is 0 Å². The van der Waals surface area contributed by atoms with Crippen LogP contribution in [0.25, 0.3) is 6.08 Å². The van der Waals surface area contributed by atoms with Gasteiger partial charge in [-0.05, 0) is 55.5 Å². The molecule has 0 bridgehead atoms. The normalized spacial score (nSPS) is 17.4. The van der Waals surface area contributed by atoms with E-state index in [0.717, 1.165) is 31.2 Å². The quantitative estimate of drug-likeness (QED) is 0.401. The summed E-state index contributed by atoms with van der Waals surface area (Å²) in [5, 5.41) is 13.1. The molecule has 182 valence electrons. The summed E-state index contributed by atoms with van der Waals surface area (Å²) < 4.78 is 15.5. The van der Waals surface area contributed by atoms with E-state index in [1.807, 2.05) is 13.0 Å². The fourth-order valence-corrected chi connectivity index (χ4v) is 6.05.